The second-order valence-corrected chi connectivity index (χ2v) is 8.86. The number of rotatable bonds is 13. The number of carbonyl (C=O) groups is 3. The molecule has 1 unspecified atom stereocenters. The van der Waals surface area contributed by atoms with Crippen molar-refractivity contribution in [3.63, 3.8) is 0 Å². The zero-order chi connectivity index (χ0) is 22.8. The fourth-order valence-electron chi connectivity index (χ4n) is 2.01. The minimum Gasteiger partial charge on any atom is -1.00 e. The Morgan fingerprint density at radius 2 is 1.47 bits per heavy atom. The molecular weight excluding hydrogens is 443 g/mol. The Morgan fingerprint density at radius 3 is 1.80 bits per heavy atom. The summed E-state index contributed by atoms with van der Waals surface area (Å²) in [6.45, 7) is 11.3. The average Bonchev–Trinajstić information content (AvgIpc) is 2.63. The Kier molecular flexibility index (Phi) is 15.3. The van der Waals surface area contributed by atoms with Crippen LogP contribution in [0.3, 0.4) is 0 Å². The Bertz CT molecular complexity index is 719. The first-order chi connectivity index (χ1) is 13.3. The molecule has 0 aliphatic rings. The third kappa shape index (κ3) is 11.2. The van der Waals surface area contributed by atoms with Gasteiger partial charge in [0.25, 0.3) is 10.1 Å². The molecule has 0 spiro atoms. The van der Waals surface area contributed by atoms with Gasteiger partial charge in [-0.1, -0.05) is 32.9 Å². The largest absolute Gasteiger partial charge is 1.00 e. The van der Waals surface area contributed by atoms with Crippen molar-refractivity contribution in [1.29, 1.82) is 0 Å². The van der Waals surface area contributed by atoms with Crippen LogP contribution in [0, 0.1) is 5.41 Å². The van der Waals surface area contributed by atoms with Crippen molar-refractivity contribution in [3.8, 4) is 0 Å². The van der Waals surface area contributed by atoms with Gasteiger partial charge in [0.05, 0.1) is 0 Å². The van der Waals surface area contributed by atoms with E-state index in [4.69, 9.17) is 18.8 Å². The number of ether oxygens (including phenoxy) is 3. The topological polar surface area (TPSA) is 133 Å². The average molecular weight is 475 g/mol. The zero-order valence-corrected chi connectivity index (χ0v) is 22.3. The number of carbonyl (C=O) groups excluding carboxylic acids is 3. The Hall–Kier alpha value is -0.564. The van der Waals surface area contributed by atoms with Crippen molar-refractivity contribution in [2.24, 2.45) is 5.41 Å². The molecule has 0 aromatic carbocycles. The van der Waals surface area contributed by atoms with Crippen molar-refractivity contribution in [1.82, 2.24) is 0 Å². The SMILES string of the molecule is C=C(C)C(=O)OCC(CCCC)(COC(=O)C(=C)C)C(=O)OCC(C)S(=O)(=O)O.[H-].[K+]. The fourth-order valence-corrected chi connectivity index (χ4v) is 2.25. The molecular formula is C19H31KO9S. The maximum Gasteiger partial charge on any atom is 1.00 e. The van der Waals surface area contributed by atoms with Gasteiger partial charge in [-0.2, -0.15) is 8.42 Å². The van der Waals surface area contributed by atoms with Crippen LogP contribution in [0.1, 0.15) is 48.4 Å². The van der Waals surface area contributed by atoms with Crippen molar-refractivity contribution in [3.05, 3.63) is 24.3 Å². The second kappa shape index (κ2) is 14.5. The molecule has 0 saturated carbocycles. The first-order valence-electron chi connectivity index (χ1n) is 9.05. The van der Waals surface area contributed by atoms with Gasteiger partial charge in [0.1, 0.15) is 30.5 Å². The molecule has 0 radical (unpaired) electrons. The summed E-state index contributed by atoms with van der Waals surface area (Å²) < 4.78 is 46.7. The van der Waals surface area contributed by atoms with Crippen molar-refractivity contribution < 1.29 is 94.4 Å². The summed E-state index contributed by atoms with van der Waals surface area (Å²) in [6.07, 6.45) is 1.34. The maximum absolute atomic E-state index is 12.8. The first-order valence-corrected chi connectivity index (χ1v) is 10.6. The summed E-state index contributed by atoms with van der Waals surface area (Å²) in [4.78, 5) is 36.5. The van der Waals surface area contributed by atoms with Gasteiger partial charge in [0.2, 0.25) is 0 Å². The van der Waals surface area contributed by atoms with Crippen molar-refractivity contribution in [2.45, 2.75) is 52.2 Å². The minimum absolute atomic E-state index is 0. The van der Waals surface area contributed by atoms with Gasteiger partial charge in [-0.25, -0.2) is 9.59 Å². The van der Waals surface area contributed by atoms with Crippen LogP contribution in [0.4, 0.5) is 0 Å². The number of hydrogen-bond acceptors (Lipinski definition) is 8. The van der Waals surface area contributed by atoms with Gasteiger partial charge >= 0.3 is 69.3 Å². The summed E-state index contributed by atoms with van der Waals surface area (Å²) in [5.74, 6) is -2.39. The van der Waals surface area contributed by atoms with Crippen molar-refractivity contribution in [2.75, 3.05) is 19.8 Å². The molecule has 0 aromatic heterocycles. The van der Waals surface area contributed by atoms with E-state index in [9.17, 15) is 22.8 Å². The van der Waals surface area contributed by atoms with Crippen LogP contribution in [0.2, 0.25) is 0 Å². The normalized spacial score (nSPS) is 12.2. The molecule has 11 heteroatoms. The molecule has 168 valence electrons. The molecule has 1 atom stereocenters. The quantitative estimate of drug-likeness (QED) is 0.121. The predicted octanol–water partition coefficient (Wildman–Crippen LogP) is -0.662. The molecule has 1 N–H and O–H groups in total. The zero-order valence-electron chi connectivity index (χ0n) is 19.4. The first kappa shape index (κ1) is 31.6. The molecule has 0 aliphatic heterocycles. The molecule has 0 amide bonds. The van der Waals surface area contributed by atoms with Gasteiger partial charge in [-0.3, -0.25) is 9.35 Å². The molecule has 0 fully saturated rings. The second-order valence-electron chi connectivity index (χ2n) is 7.02. The smallest absolute Gasteiger partial charge is 1.00 e. The Morgan fingerprint density at radius 1 is 1.03 bits per heavy atom. The van der Waals surface area contributed by atoms with Crippen LogP contribution in [-0.2, 0) is 38.7 Å². The third-order valence-electron chi connectivity index (χ3n) is 4.06. The van der Waals surface area contributed by atoms with E-state index in [0.717, 1.165) is 0 Å². The van der Waals surface area contributed by atoms with Gasteiger partial charge in [0, 0.05) is 11.1 Å². The summed E-state index contributed by atoms with van der Waals surface area (Å²) in [5.41, 5.74) is -1.33. The molecule has 9 nitrogen and oxygen atoms in total. The molecule has 30 heavy (non-hydrogen) atoms. The van der Waals surface area contributed by atoms with Crippen LogP contribution in [0.5, 0.6) is 0 Å². The number of esters is 3. The van der Waals surface area contributed by atoms with E-state index >= 15 is 0 Å². The molecule has 0 rings (SSSR count). The molecule has 0 saturated heterocycles. The predicted molar refractivity (Wildman–Crippen MR) is 107 cm³/mol. The summed E-state index contributed by atoms with van der Waals surface area (Å²) in [5, 5.41) is -1.36. The summed E-state index contributed by atoms with van der Waals surface area (Å²) >= 11 is 0. The van der Waals surface area contributed by atoms with Gasteiger partial charge in [-0.05, 0) is 27.2 Å². The summed E-state index contributed by atoms with van der Waals surface area (Å²) in [7, 11) is -4.41. The van der Waals surface area contributed by atoms with E-state index in [2.05, 4.69) is 13.2 Å². The molecule has 0 heterocycles. The van der Waals surface area contributed by atoms with Crippen LogP contribution in [0.15, 0.2) is 24.3 Å². The van der Waals surface area contributed by atoms with E-state index in [0.29, 0.717) is 12.8 Å². The van der Waals surface area contributed by atoms with E-state index in [-0.39, 0.29) is 70.4 Å². The standard InChI is InChI=1S/C19H30O9S.K.H/c1-7-8-9-19(11-27-16(20)13(2)3,12-28-17(21)14(4)5)18(22)26-10-15(6)29(23,24)25;;/h15H,2,4,7-12H2,1,3,5-6H3,(H,23,24,25);;/q;+1;-1. The molecule has 0 aromatic rings. The van der Waals surface area contributed by atoms with Crippen LogP contribution in [0.25, 0.3) is 0 Å². The van der Waals surface area contributed by atoms with E-state index in [1.54, 1.807) is 0 Å². The van der Waals surface area contributed by atoms with Crippen LogP contribution < -0.4 is 51.4 Å². The van der Waals surface area contributed by atoms with Crippen LogP contribution >= 0.6 is 0 Å². The third-order valence-corrected chi connectivity index (χ3v) is 5.21. The van der Waals surface area contributed by atoms with Crippen LogP contribution in [-0.4, -0.2) is 55.9 Å². The van der Waals surface area contributed by atoms with Crippen molar-refractivity contribution >= 4 is 28.0 Å². The fraction of sp³-hybridized carbons (Fsp3) is 0.632. The van der Waals surface area contributed by atoms with E-state index in [1.807, 2.05) is 6.92 Å². The van der Waals surface area contributed by atoms with Gasteiger partial charge in [-0.15, -0.1) is 0 Å². The molecule has 0 bridgehead atoms. The van der Waals surface area contributed by atoms with E-state index < -0.39 is 58.5 Å². The van der Waals surface area contributed by atoms with E-state index in [1.165, 1.54) is 20.8 Å². The Balaban J connectivity index is -0.00000392. The van der Waals surface area contributed by atoms with Gasteiger partial charge < -0.3 is 15.6 Å². The summed E-state index contributed by atoms with van der Waals surface area (Å²) in [6, 6.07) is 0. The number of unbranched alkanes of at least 4 members (excludes halogenated alkanes) is 1. The Labute approximate surface area is 222 Å². The minimum atomic E-state index is -4.41. The molecule has 0 aliphatic carbocycles. The monoisotopic (exact) mass is 474 g/mol. The van der Waals surface area contributed by atoms with Gasteiger partial charge in [0.15, 0.2) is 0 Å². The number of hydrogen-bond donors (Lipinski definition) is 1. The maximum atomic E-state index is 12.8.